The molecule has 0 fully saturated rings. The monoisotopic (exact) mass is 586 g/mol. The number of fused-ring (bicyclic) bond motifs is 1. The van der Waals surface area contributed by atoms with Crippen LogP contribution in [0.25, 0.3) is 10.8 Å². The van der Waals surface area contributed by atoms with Crippen LogP contribution in [0.5, 0.6) is 5.75 Å². The van der Waals surface area contributed by atoms with E-state index in [4.69, 9.17) is 17.3 Å². The van der Waals surface area contributed by atoms with Gasteiger partial charge in [0, 0.05) is 16.8 Å². The lowest BCUT2D eigenvalue weighted by Crippen LogP contribution is -2.04. The number of azo groups is 1. The lowest BCUT2D eigenvalue weighted by atomic mass is 10.1. The molecule has 13 nitrogen and oxygen atoms in total. The molecule has 3 aromatic carbocycles. The highest BCUT2D eigenvalue weighted by molar-refractivity contribution is 7.86. The van der Waals surface area contributed by atoms with Gasteiger partial charge in [-0.2, -0.15) is 35.6 Å². The minimum absolute atomic E-state index is 0.0436. The molecule has 1 heterocycles. The maximum atomic E-state index is 13.6. The van der Waals surface area contributed by atoms with Crippen molar-refractivity contribution in [1.29, 1.82) is 0 Å². The molecule has 0 unspecified atom stereocenters. The number of nitrogens with two attached hydrogens (primary N) is 1. The van der Waals surface area contributed by atoms with Crippen LogP contribution in [0.1, 0.15) is 0 Å². The lowest BCUT2D eigenvalue weighted by molar-refractivity contribution is 0.472. The molecule has 0 amide bonds. The van der Waals surface area contributed by atoms with Crippen LogP contribution < -0.4 is 11.1 Å². The number of aromatic hydroxyl groups is 1. The zero-order chi connectivity index (χ0) is 28.0. The van der Waals surface area contributed by atoms with Crippen molar-refractivity contribution in [3.8, 4) is 5.75 Å². The number of phenolic OH excluding ortho intramolecular Hbond substituents is 1. The van der Waals surface area contributed by atoms with E-state index in [9.17, 15) is 39.8 Å². The Balaban J connectivity index is 1.84. The van der Waals surface area contributed by atoms with E-state index in [1.807, 2.05) is 0 Å². The zero-order valence-corrected chi connectivity index (χ0v) is 20.7. The number of anilines is 3. The van der Waals surface area contributed by atoms with Gasteiger partial charge in [-0.3, -0.25) is 9.11 Å². The number of nitrogens with one attached hydrogen (secondary N) is 1. The number of nitrogen functional groups attached to an aromatic ring is 1. The highest BCUT2D eigenvalue weighted by Gasteiger charge is 2.23. The topological polar surface area (TPSA) is 218 Å². The average molecular weight is 587 g/mol. The van der Waals surface area contributed by atoms with Crippen molar-refractivity contribution in [3.05, 3.63) is 59.5 Å². The summed E-state index contributed by atoms with van der Waals surface area (Å²) in [6.45, 7) is 0. The summed E-state index contributed by atoms with van der Waals surface area (Å²) in [5.41, 5.74) is 4.41. The van der Waals surface area contributed by atoms with Crippen molar-refractivity contribution in [3.63, 3.8) is 0 Å². The molecule has 0 spiro atoms. The molecule has 0 saturated heterocycles. The highest BCUT2D eigenvalue weighted by atomic mass is 35.5. The molecular formula is C20H13ClF2N6O7S2. The normalized spacial score (nSPS) is 12.3. The predicted octanol–water partition coefficient (Wildman–Crippen LogP) is 4.50. The summed E-state index contributed by atoms with van der Waals surface area (Å²) in [7, 11) is -9.98. The third-order valence-corrected chi connectivity index (χ3v) is 6.98. The van der Waals surface area contributed by atoms with Gasteiger partial charge in [0.2, 0.25) is 5.95 Å². The van der Waals surface area contributed by atoms with Crippen molar-refractivity contribution in [2.24, 2.45) is 10.2 Å². The summed E-state index contributed by atoms with van der Waals surface area (Å²) in [6.07, 6.45) is -1.47. The second kappa shape index (κ2) is 9.69. The summed E-state index contributed by atoms with van der Waals surface area (Å²) >= 11 is 5.68. The summed E-state index contributed by atoms with van der Waals surface area (Å²) in [5.74, 6) is -2.71. The molecule has 38 heavy (non-hydrogen) atoms. The second-order valence-electron chi connectivity index (χ2n) is 7.46. The van der Waals surface area contributed by atoms with Gasteiger partial charge in [0.1, 0.15) is 26.2 Å². The third kappa shape index (κ3) is 5.46. The van der Waals surface area contributed by atoms with E-state index in [0.29, 0.717) is 0 Å². The minimum atomic E-state index is -5.02. The Morgan fingerprint density at radius 3 is 2.26 bits per heavy atom. The number of halogens is 3. The van der Waals surface area contributed by atoms with E-state index in [1.54, 1.807) is 0 Å². The van der Waals surface area contributed by atoms with Gasteiger partial charge in [0.15, 0.2) is 11.6 Å². The molecule has 0 saturated carbocycles. The molecule has 198 valence electrons. The van der Waals surface area contributed by atoms with E-state index < -0.39 is 70.0 Å². The number of aromatic nitrogens is 2. The van der Waals surface area contributed by atoms with Crippen LogP contribution in [0.3, 0.4) is 0 Å². The van der Waals surface area contributed by atoms with Crippen LogP contribution in [0.4, 0.5) is 37.3 Å². The molecular weight excluding hydrogens is 574 g/mol. The van der Waals surface area contributed by atoms with Crippen molar-refractivity contribution in [2.75, 3.05) is 11.1 Å². The van der Waals surface area contributed by atoms with Gasteiger partial charge in [-0.15, -0.1) is 10.2 Å². The quantitative estimate of drug-likeness (QED) is 0.0696. The zero-order valence-electron chi connectivity index (χ0n) is 18.3. The Morgan fingerprint density at radius 1 is 0.921 bits per heavy atom. The van der Waals surface area contributed by atoms with E-state index in [1.165, 1.54) is 18.2 Å². The van der Waals surface area contributed by atoms with Crippen LogP contribution in [0.2, 0.25) is 5.02 Å². The Bertz CT molecular complexity index is 1870. The van der Waals surface area contributed by atoms with E-state index in [0.717, 1.165) is 24.3 Å². The van der Waals surface area contributed by atoms with Gasteiger partial charge in [-0.25, -0.2) is 0 Å². The number of hydrogen-bond acceptors (Lipinski definition) is 11. The Labute approximate surface area is 217 Å². The van der Waals surface area contributed by atoms with Crippen LogP contribution in [0, 0.1) is 12.0 Å². The fourth-order valence-electron chi connectivity index (χ4n) is 3.25. The molecule has 0 aliphatic heterocycles. The van der Waals surface area contributed by atoms with Crippen molar-refractivity contribution in [1.82, 2.24) is 9.97 Å². The molecule has 0 atom stereocenters. The van der Waals surface area contributed by atoms with Gasteiger partial charge in [-0.05, 0) is 41.8 Å². The maximum Gasteiger partial charge on any atom is 0.313 e. The average Bonchev–Trinajstić information content (AvgIpc) is 2.81. The Kier molecular flexibility index (Phi) is 6.89. The first kappa shape index (κ1) is 27.0. The van der Waals surface area contributed by atoms with Crippen LogP contribution >= 0.6 is 11.6 Å². The Hall–Kier alpha value is -4.03. The minimum Gasteiger partial charge on any atom is -0.505 e. The summed E-state index contributed by atoms with van der Waals surface area (Å²) < 4.78 is 94.2. The van der Waals surface area contributed by atoms with Crippen LogP contribution in [0.15, 0.2) is 62.5 Å². The highest BCUT2D eigenvalue weighted by Crippen LogP contribution is 2.42. The molecule has 0 bridgehead atoms. The van der Waals surface area contributed by atoms with Gasteiger partial charge >= 0.3 is 6.08 Å². The van der Waals surface area contributed by atoms with Crippen LogP contribution in [-0.2, 0) is 20.2 Å². The SMILES string of the molecule is Nc1ccc2cc(S(=O)(=O)O)c(N=Nc3ccc(Nc4nc(F)nc(F)c4Cl)cc3S(=O)(=O)O)c(O)c2c1. The third-order valence-electron chi connectivity index (χ3n) is 4.90. The molecule has 4 rings (SSSR count). The van der Waals surface area contributed by atoms with Crippen LogP contribution in [-0.4, -0.2) is 41.0 Å². The fourth-order valence-corrected chi connectivity index (χ4v) is 4.69. The molecule has 18 heteroatoms. The van der Waals surface area contributed by atoms with Gasteiger partial charge in [-0.1, -0.05) is 17.7 Å². The maximum absolute atomic E-state index is 13.6. The molecule has 0 radical (unpaired) electrons. The largest absolute Gasteiger partial charge is 0.505 e. The van der Waals surface area contributed by atoms with E-state index in [2.05, 4.69) is 25.5 Å². The van der Waals surface area contributed by atoms with E-state index in [-0.39, 0.29) is 22.1 Å². The predicted molar refractivity (Wildman–Crippen MR) is 131 cm³/mol. The fraction of sp³-hybridized carbons (Fsp3) is 0. The Morgan fingerprint density at radius 2 is 1.61 bits per heavy atom. The number of rotatable bonds is 6. The first-order chi connectivity index (χ1) is 17.6. The first-order valence-corrected chi connectivity index (χ1v) is 13.1. The standard InChI is InChI=1S/C20H13ClF2N6O7S2/c21-15-18(22)26-20(23)27-19(15)25-10-3-4-12(13(7-10)37(31,32)33)28-29-16-14(38(34,35)36)5-8-1-2-9(24)6-11(8)17(16)30/h1-7,30H,24H2,(H,25,26,27)(H,31,32,33)(H,34,35,36). The second-order valence-corrected chi connectivity index (χ2v) is 10.6. The number of phenols is 1. The molecule has 1 aromatic heterocycles. The number of hydrogen-bond donors (Lipinski definition) is 5. The molecule has 0 aliphatic carbocycles. The van der Waals surface area contributed by atoms with Crippen molar-refractivity contribution in [2.45, 2.75) is 9.79 Å². The van der Waals surface area contributed by atoms with Crippen molar-refractivity contribution >= 4 is 71.2 Å². The lowest BCUT2D eigenvalue weighted by Gasteiger charge is -2.11. The molecule has 4 aromatic rings. The summed E-state index contributed by atoms with van der Waals surface area (Å²) in [6, 6.07) is 7.96. The summed E-state index contributed by atoms with van der Waals surface area (Å²) in [4.78, 5) is 4.30. The summed E-state index contributed by atoms with van der Waals surface area (Å²) in [5, 5.41) is 19.7. The smallest absolute Gasteiger partial charge is 0.313 e. The van der Waals surface area contributed by atoms with Gasteiger partial charge in [0.25, 0.3) is 20.2 Å². The number of nitrogens with zero attached hydrogens (tertiary/aromatic N) is 4. The van der Waals surface area contributed by atoms with Crippen molar-refractivity contribution < 1.29 is 39.8 Å². The molecule has 0 aliphatic rings. The number of benzene rings is 3. The van der Waals surface area contributed by atoms with E-state index >= 15 is 0 Å². The first-order valence-electron chi connectivity index (χ1n) is 9.86. The van der Waals surface area contributed by atoms with Gasteiger partial charge < -0.3 is 16.2 Å². The molecule has 6 N–H and O–H groups in total. The van der Waals surface area contributed by atoms with Gasteiger partial charge in [0.05, 0.1) is 0 Å².